The number of nitrogens with zero attached hydrogens (tertiary/aromatic N) is 4. The second-order valence-corrected chi connectivity index (χ2v) is 6.95. The maximum atomic E-state index is 12.7. The van der Waals surface area contributed by atoms with E-state index < -0.39 is 0 Å². The molecule has 1 atom stereocenters. The van der Waals surface area contributed by atoms with Crippen molar-refractivity contribution in [1.82, 2.24) is 19.7 Å². The zero-order chi connectivity index (χ0) is 17.4. The van der Waals surface area contributed by atoms with Crippen LogP contribution >= 0.6 is 0 Å². The molecule has 7 nitrogen and oxygen atoms in total. The predicted molar refractivity (Wildman–Crippen MR) is 89.8 cm³/mol. The molecule has 0 spiro atoms. The largest absolute Gasteiger partial charge is 0.491 e. The number of pyridine rings is 1. The number of carbonyl (C=O) groups is 1. The van der Waals surface area contributed by atoms with Gasteiger partial charge in [-0.25, -0.2) is 0 Å². The Bertz CT molecular complexity index is 755. The van der Waals surface area contributed by atoms with Crippen LogP contribution in [-0.4, -0.2) is 49.9 Å². The van der Waals surface area contributed by atoms with Gasteiger partial charge in [0.2, 0.25) is 5.91 Å². The van der Waals surface area contributed by atoms with Crippen molar-refractivity contribution in [2.75, 3.05) is 13.2 Å². The molecular weight excluding hydrogens is 320 g/mol. The molecular formula is C18H22N4O3. The molecule has 1 saturated carbocycles. The van der Waals surface area contributed by atoms with Crippen molar-refractivity contribution < 1.29 is 14.6 Å². The Kier molecular flexibility index (Phi) is 4.17. The van der Waals surface area contributed by atoms with Gasteiger partial charge in [-0.05, 0) is 25.0 Å². The first-order chi connectivity index (χ1) is 12.1. The van der Waals surface area contributed by atoms with Gasteiger partial charge in [-0.2, -0.15) is 5.10 Å². The average molecular weight is 342 g/mol. The summed E-state index contributed by atoms with van der Waals surface area (Å²) >= 11 is 0. The summed E-state index contributed by atoms with van der Waals surface area (Å²) < 4.78 is 7.66. The molecule has 3 heterocycles. The molecule has 1 aliphatic carbocycles. The molecule has 2 aromatic heterocycles. The summed E-state index contributed by atoms with van der Waals surface area (Å²) in [6, 6.07) is 3.70. The predicted octanol–water partition coefficient (Wildman–Crippen LogP) is 1.09. The summed E-state index contributed by atoms with van der Waals surface area (Å²) in [5.41, 5.74) is 2.07. The minimum Gasteiger partial charge on any atom is -0.491 e. The fourth-order valence-electron chi connectivity index (χ4n) is 3.62. The zero-order valence-electron chi connectivity index (χ0n) is 14.2. The maximum absolute atomic E-state index is 12.7. The molecule has 0 radical (unpaired) electrons. The summed E-state index contributed by atoms with van der Waals surface area (Å²) in [6.45, 7) is 1.63. The summed E-state index contributed by atoms with van der Waals surface area (Å²) in [4.78, 5) is 18.6. The smallest absolute Gasteiger partial charge is 0.226 e. The van der Waals surface area contributed by atoms with Crippen LogP contribution in [0.25, 0.3) is 0 Å². The molecule has 1 unspecified atom stereocenters. The summed E-state index contributed by atoms with van der Waals surface area (Å²) in [7, 11) is 1.89. The van der Waals surface area contributed by atoms with Crippen LogP contribution in [-0.2, 0) is 18.4 Å². The van der Waals surface area contributed by atoms with Crippen molar-refractivity contribution in [2.45, 2.75) is 31.4 Å². The van der Waals surface area contributed by atoms with Crippen LogP contribution in [0.3, 0.4) is 0 Å². The van der Waals surface area contributed by atoms with E-state index in [1.165, 1.54) is 0 Å². The van der Waals surface area contributed by atoms with Crippen molar-refractivity contribution >= 4 is 5.91 Å². The third-order valence-corrected chi connectivity index (χ3v) is 4.99. The first-order valence-corrected chi connectivity index (χ1v) is 8.62. The quantitative estimate of drug-likeness (QED) is 0.900. The van der Waals surface area contributed by atoms with E-state index in [9.17, 15) is 9.90 Å². The van der Waals surface area contributed by atoms with Crippen LogP contribution < -0.4 is 4.74 Å². The molecule has 4 rings (SSSR count). The first-order valence-electron chi connectivity index (χ1n) is 8.62. The van der Waals surface area contributed by atoms with E-state index in [4.69, 9.17) is 4.74 Å². The second kappa shape index (κ2) is 6.48. The molecule has 132 valence electrons. The van der Waals surface area contributed by atoms with Gasteiger partial charge in [0.15, 0.2) is 0 Å². The SMILES string of the molecule is Cn1cc2c(n1)C(COc1cccnc1)CN(C(=O)C1CC(O)C1)C2. The molecule has 25 heavy (non-hydrogen) atoms. The topological polar surface area (TPSA) is 80.5 Å². The summed E-state index contributed by atoms with van der Waals surface area (Å²) in [5.74, 6) is 0.823. The van der Waals surface area contributed by atoms with Crippen LogP contribution in [0.4, 0.5) is 0 Å². The van der Waals surface area contributed by atoms with E-state index >= 15 is 0 Å². The van der Waals surface area contributed by atoms with Gasteiger partial charge in [-0.1, -0.05) is 0 Å². The molecule has 0 aromatic carbocycles. The van der Waals surface area contributed by atoms with E-state index in [0.29, 0.717) is 38.3 Å². The maximum Gasteiger partial charge on any atom is 0.226 e. The summed E-state index contributed by atoms with van der Waals surface area (Å²) in [5, 5.41) is 14.1. The number of rotatable bonds is 4. The van der Waals surface area contributed by atoms with Crippen LogP contribution in [0.5, 0.6) is 5.75 Å². The number of amides is 1. The highest BCUT2D eigenvalue weighted by Crippen LogP contribution is 2.33. The standard InChI is InChI=1S/C18H22N4O3/c1-21-8-13-9-22(18(24)12-5-15(23)6-12)10-14(17(13)20-21)11-25-16-3-2-4-19-7-16/h2-4,7-8,12,14-15,23H,5-6,9-11H2,1H3. The van der Waals surface area contributed by atoms with Gasteiger partial charge >= 0.3 is 0 Å². The van der Waals surface area contributed by atoms with Crippen molar-refractivity contribution in [3.63, 3.8) is 0 Å². The number of ether oxygens (including phenoxy) is 1. The van der Waals surface area contributed by atoms with E-state index in [1.54, 1.807) is 17.1 Å². The van der Waals surface area contributed by atoms with Gasteiger partial charge in [0.1, 0.15) is 5.75 Å². The molecule has 1 amide bonds. The van der Waals surface area contributed by atoms with E-state index in [0.717, 1.165) is 11.3 Å². The Morgan fingerprint density at radius 2 is 2.28 bits per heavy atom. The average Bonchev–Trinajstić information content (AvgIpc) is 2.97. The van der Waals surface area contributed by atoms with Crippen LogP contribution in [0.2, 0.25) is 0 Å². The van der Waals surface area contributed by atoms with Crippen molar-refractivity contribution in [3.05, 3.63) is 42.0 Å². The lowest BCUT2D eigenvalue weighted by molar-refractivity contribution is -0.143. The van der Waals surface area contributed by atoms with Gasteiger partial charge < -0.3 is 14.7 Å². The van der Waals surface area contributed by atoms with Crippen LogP contribution in [0.15, 0.2) is 30.7 Å². The molecule has 7 heteroatoms. The van der Waals surface area contributed by atoms with Crippen molar-refractivity contribution in [2.24, 2.45) is 13.0 Å². The zero-order valence-corrected chi connectivity index (χ0v) is 14.2. The fourth-order valence-corrected chi connectivity index (χ4v) is 3.62. The molecule has 2 aliphatic rings. The number of aromatic nitrogens is 3. The Balaban J connectivity index is 1.49. The molecule has 1 fully saturated rings. The third-order valence-electron chi connectivity index (χ3n) is 4.99. The summed E-state index contributed by atoms with van der Waals surface area (Å²) in [6.07, 6.45) is 6.19. The highest BCUT2D eigenvalue weighted by atomic mass is 16.5. The highest BCUT2D eigenvalue weighted by Gasteiger charge is 2.39. The van der Waals surface area contributed by atoms with Crippen molar-refractivity contribution in [3.8, 4) is 5.75 Å². The molecule has 2 aromatic rings. The highest BCUT2D eigenvalue weighted by molar-refractivity contribution is 5.80. The number of fused-ring (bicyclic) bond motifs is 1. The Morgan fingerprint density at radius 3 is 3.00 bits per heavy atom. The third kappa shape index (κ3) is 3.24. The Labute approximate surface area is 146 Å². The van der Waals surface area contributed by atoms with Gasteiger partial charge in [0.25, 0.3) is 0 Å². The van der Waals surface area contributed by atoms with Gasteiger partial charge in [-0.15, -0.1) is 0 Å². The Hall–Kier alpha value is -2.41. The fraction of sp³-hybridized carbons (Fsp3) is 0.500. The van der Waals surface area contributed by atoms with E-state index in [-0.39, 0.29) is 23.8 Å². The lowest BCUT2D eigenvalue weighted by Gasteiger charge is -2.38. The minimum absolute atomic E-state index is 0.0270. The number of aryl methyl sites for hydroxylation is 1. The number of aliphatic hydroxyl groups is 1. The van der Waals surface area contributed by atoms with E-state index in [1.807, 2.05) is 30.3 Å². The second-order valence-electron chi connectivity index (χ2n) is 6.95. The van der Waals surface area contributed by atoms with Crippen LogP contribution in [0, 0.1) is 5.92 Å². The van der Waals surface area contributed by atoms with E-state index in [2.05, 4.69) is 10.1 Å². The monoisotopic (exact) mass is 342 g/mol. The minimum atomic E-state index is -0.322. The molecule has 1 aliphatic heterocycles. The lowest BCUT2D eigenvalue weighted by Crippen LogP contribution is -2.47. The number of aliphatic hydroxyl groups excluding tert-OH is 1. The van der Waals surface area contributed by atoms with Crippen LogP contribution in [0.1, 0.15) is 30.0 Å². The number of carbonyl (C=O) groups excluding carboxylic acids is 1. The molecule has 0 bridgehead atoms. The first kappa shape index (κ1) is 16.1. The van der Waals surface area contributed by atoms with Gasteiger partial charge in [0, 0.05) is 44.0 Å². The van der Waals surface area contributed by atoms with Gasteiger partial charge in [0.05, 0.1) is 30.5 Å². The number of hydrogen-bond acceptors (Lipinski definition) is 5. The molecule has 1 N–H and O–H groups in total. The molecule has 0 saturated heterocycles. The normalized spacial score (nSPS) is 25.2. The van der Waals surface area contributed by atoms with Gasteiger partial charge in [-0.3, -0.25) is 14.5 Å². The van der Waals surface area contributed by atoms with Crippen molar-refractivity contribution in [1.29, 1.82) is 0 Å². The number of hydrogen-bond donors (Lipinski definition) is 1. The Morgan fingerprint density at radius 1 is 1.44 bits per heavy atom. The lowest BCUT2D eigenvalue weighted by atomic mass is 9.81.